The number of aromatic nitrogens is 2. The Morgan fingerprint density at radius 3 is 2.36 bits per heavy atom. The average Bonchev–Trinajstić information content (AvgIpc) is 2.87. The Morgan fingerprint density at radius 1 is 1.20 bits per heavy atom. The van der Waals surface area contributed by atoms with Crippen LogP contribution in [0.1, 0.15) is 11.4 Å². The van der Waals surface area contributed by atoms with Gasteiger partial charge < -0.3 is 9.69 Å². The zero-order valence-electron chi connectivity index (χ0n) is 14.5. The first-order chi connectivity index (χ1) is 12.0. The second kappa shape index (κ2) is 7.82. The fraction of sp³-hybridized carbons (Fsp3) is 0.444. The van der Waals surface area contributed by atoms with E-state index in [0.717, 1.165) is 53.1 Å². The number of anilines is 1. The van der Waals surface area contributed by atoms with Crippen molar-refractivity contribution in [3.63, 3.8) is 0 Å². The number of aryl methyl sites for hydroxylation is 1. The molecule has 3 rings (SSSR count). The highest BCUT2D eigenvalue weighted by Gasteiger charge is 2.25. The lowest BCUT2D eigenvalue weighted by molar-refractivity contribution is -0.113. The Bertz CT molecular complexity index is 738. The van der Waals surface area contributed by atoms with Crippen LogP contribution in [0.5, 0.6) is 0 Å². The Kier molecular flexibility index (Phi) is 5.73. The summed E-state index contributed by atoms with van der Waals surface area (Å²) in [7, 11) is 0. The van der Waals surface area contributed by atoms with Crippen LogP contribution in [-0.2, 0) is 11.3 Å². The van der Waals surface area contributed by atoms with Gasteiger partial charge in [-0.05, 0) is 60.7 Å². The molecule has 1 aromatic carbocycles. The lowest BCUT2D eigenvalue weighted by atomic mass is 10.2. The molecule has 1 aliphatic rings. The van der Waals surface area contributed by atoms with Crippen molar-refractivity contribution in [3.05, 3.63) is 45.0 Å². The highest BCUT2D eigenvalue weighted by molar-refractivity contribution is 14.1. The van der Waals surface area contributed by atoms with E-state index < -0.39 is 0 Å². The third-order valence-corrected chi connectivity index (χ3v) is 6.35. The van der Waals surface area contributed by atoms with Gasteiger partial charge in [-0.3, -0.25) is 9.58 Å². The van der Waals surface area contributed by atoms with Crippen molar-refractivity contribution in [2.24, 2.45) is 0 Å². The highest BCUT2D eigenvalue weighted by atomic mass is 127. The highest BCUT2D eigenvalue weighted by Crippen LogP contribution is 2.19. The largest absolute Gasteiger partial charge is 0.369 e. The molecule has 2 heterocycles. The van der Waals surface area contributed by atoms with Gasteiger partial charge in [-0.15, -0.1) is 0 Å². The second-order valence-electron chi connectivity index (χ2n) is 6.37. The van der Waals surface area contributed by atoms with Gasteiger partial charge in [-0.2, -0.15) is 5.10 Å². The van der Waals surface area contributed by atoms with Crippen molar-refractivity contribution in [1.29, 1.82) is 0 Å². The predicted octanol–water partition coefficient (Wildman–Crippen LogP) is 2.63. The molecule has 0 aliphatic carbocycles. The molecular weight excluding hydrogens is 434 g/mol. The van der Waals surface area contributed by atoms with Crippen molar-refractivity contribution >= 4 is 34.6 Å². The van der Waals surface area contributed by atoms with E-state index in [9.17, 15) is 9.18 Å². The number of carbonyl (C=O) groups excluding carboxylic acids is 1. The molecule has 0 bridgehead atoms. The number of hydrogen-bond acceptors (Lipinski definition) is 4. The third-order valence-electron chi connectivity index (χ3n) is 4.79. The minimum atomic E-state index is -0.220. The summed E-state index contributed by atoms with van der Waals surface area (Å²) in [6.45, 7) is 7.86. The first kappa shape index (κ1) is 18.3. The molecule has 1 fully saturated rings. The molecule has 0 saturated carbocycles. The average molecular weight is 456 g/mol. The molecule has 1 aliphatic heterocycles. The fourth-order valence-corrected chi connectivity index (χ4v) is 3.62. The molecule has 25 heavy (non-hydrogen) atoms. The zero-order chi connectivity index (χ0) is 18.0. The maximum absolute atomic E-state index is 13.1. The van der Waals surface area contributed by atoms with E-state index >= 15 is 0 Å². The number of aldehydes is 1. The Hall–Kier alpha value is -1.48. The first-order valence-corrected chi connectivity index (χ1v) is 9.47. The maximum Gasteiger partial charge on any atom is 0.139 e. The summed E-state index contributed by atoms with van der Waals surface area (Å²) in [6, 6.07) is 6.41. The van der Waals surface area contributed by atoms with Crippen LogP contribution in [0.2, 0.25) is 0 Å². The van der Waals surface area contributed by atoms with E-state index in [1.54, 1.807) is 12.1 Å². The van der Waals surface area contributed by atoms with Crippen molar-refractivity contribution in [1.82, 2.24) is 14.7 Å². The predicted molar refractivity (Wildman–Crippen MR) is 104 cm³/mol. The number of halogens is 2. The Balaban J connectivity index is 1.63. The standard InChI is InChI=1S/C18H22FIN4O/c1-13-18(20)14(2)24(21-13)11-17(12-25)23-9-7-22(8-10-23)16-5-3-15(19)4-6-16/h3-6,12,17H,7-11H2,1-2H3. The summed E-state index contributed by atoms with van der Waals surface area (Å²) in [5, 5.41) is 4.54. The smallest absolute Gasteiger partial charge is 0.139 e. The van der Waals surface area contributed by atoms with Crippen LogP contribution in [0, 0.1) is 23.2 Å². The maximum atomic E-state index is 13.1. The molecule has 2 aromatic rings. The minimum absolute atomic E-state index is 0.177. The van der Waals surface area contributed by atoms with Crippen molar-refractivity contribution in [2.45, 2.75) is 26.4 Å². The van der Waals surface area contributed by atoms with Gasteiger partial charge in [0.2, 0.25) is 0 Å². The molecule has 0 radical (unpaired) electrons. The number of rotatable bonds is 5. The van der Waals surface area contributed by atoms with Crippen LogP contribution >= 0.6 is 22.6 Å². The van der Waals surface area contributed by atoms with E-state index in [2.05, 4.69) is 37.5 Å². The van der Waals surface area contributed by atoms with Crippen LogP contribution in [0.3, 0.4) is 0 Å². The summed E-state index contributed by atoms with van der Waals surface area (Å²) in [6.07, 6.45) is 1.02. The molecule has 5 nitrogen and oxygen atoms in total. The van der Waals surface area contributed by atoms with Gasteiger partial charge in [0.25, 0.3) is 0 Å². The van der Waals surface area contributed by atoms with Gasteiger partial charge in [-0.1, -0.05) is 0 Å². The molecule has 1 saturated heterocycles. The molecule has 7 heteroatoms. The van der Waals surface area contributed by atoms with Crippen LogP contribution < -0.4 is 4.90 Å². The molecule has 134 valence electrons. The van der Waals surface area contributed by atoms with Gasteiger partial charge in [-0.25, -0.2) is 4.39 Å². The van der Waals surface area contributed by atoms with Gasteiger partial charge in [0.1, 0.15) is 12.1 Å². The van der Waals surface area contributed by atoms with Crippen LogP contribution in [0.4, 0.5) is 10.1 Å². The van der Waals surface area contributed by atoms with Crippen LogP contribution in [0.25, 0.3) is 0 Å². The summed E-state index contributed by atoms with van der Waals surface area (Å²) in [5.74, 6) is -0.220. The molecule has 0 N–H and O–H groups in total. The summed E-state index contributed by atoms with van der Waals surface area (Å²) < 4.78 is 16.2. The minimum Gasteiger partial charge on any atom is -0.369 e. The second-order valence-corrected chi connectivity index (χ2v) is 7.45. The lowest BCUT2D eigenvalue weighted by Gasteiger charge is -2.38. The molecule has 1 unspecified atom stereocenters. The van der Waals surface area contributed by atoms with E-state index in [1.807, 2.05) is 18.5 Å². The van der Waals surface area contributed by atoms with E-state index in [-0.39, 0.29) is 11.9 Å². The monoisotopic (exact) mass is 456 g/mol. The fourth-order valence-electron chi connectivity index (χ4n) is 3.24. The number of benzene rings is 1. The van der Waals surface area contributed by atoms with Crippen molar-refractivity contribution < 1.29 is 9.18 Å². The Morgan fingerprint density at radius 2 is 1.84 bits per heavy atom. The number of piperazine rings is 1. The lowest BCUT2D eigenvalue weighted by Crippen LogP contribution is -2.52. The summed E-state index contributed by atoms with van der Waals surface area (Å²) in [5.41, 5.74) is 3.13. The van der Waals surface area contributed by atoms with Crippen LogP contribution in [-0.4, -0.2) is 53.2 Å². The number of hydrogen-bond donors (Lipinski definition) is 0. The molecule has 1 aromatic heterocycles. The summed E-state index contributed by atoms with van der Waals surface area (Å²) >= 11 is 2.30. The van der Waals surface area contributed by atoms with Crippen molar-refractivity contribution in [3.8, 4) is 0 Å². The van der Waals surface area contributed by atoms with Gasteiger partial charge in [0.15, 0.2) is 0 Å². The Labute approximate surface area is 160 Å². The molecule has 0 amide bonds. The number of carbonyl (C=O) groups is 1. The molecule has 1 atom stereocenters. The van der Waals surface area contributed by atoms with E-state index in [1.165, 1.54) is 12.1 Å². The van der Waals surface area contributed by atoms with Gasteiger partial charge >= 0.3 is 0 Å². The normalized spacial score (nSPS) is 16.9. The van der Waals surface area contributed by atoms with Gasteiger partial charge in [0.05, 0.1) is 21.9 Å². The van der Waals surface area contributed by atoms with Crippen LogP contribution in [0.15, 0.2) is 24.3 Å². The van der Waals surface area contributed by atoms with Crippen molar-refractivity contribution in [2.75, 3.05) is 31.1 Å². The van der Waals surface area contributed by atoms with E-state index in [4.69, 9.17) is 0 Å². The quantitative estimate of drug-likeness (QED) is 0.513. The molecular formula is C18H22FIN4O. The topological polar surface area (TPSA) is 41.4 Å². The zero-order valence-corrected chi connectivity index (χ0v) is 16.6. The summed E-state index contributed by atoms with van der Waals surface area (Å²) in [4.78, 5) is 16.1. The van der Waals surface area contributed by atoms with E-state index in [0.29, 0.717) is 6.54 Å². The molecule has 0 spiro atoms. The third kappa shape index (κ3) is 4.03. The SMILES string of the molecule is Cc1nn(CC(C=O)N2CCN(c3ccc(F)cc3)CC2)c(C)c1I. The van der Waals surface area contributed by atoms with Gasteiger partial charge in [0, 0.05) is 37.6 Å². The first-order valence-electron chi connectivity index (χ1n) is 8.39. The number of nitrogens with zero attached hydrogens (tertiary/aromatic N) is 4.